The number of aromatic carboxylic acids is 1. The molecule has 0 bridgehead atoms. The zero-order valence-corrected chi connectivity index (χ0v) is 21.3. The van der Waals surface area contributed by atoms with Crippen LogP contribution in [0.2, 0.25) is 0 Å². The summed E-state index contributed by atoms with van der Waals surface area (Å²) in [4.78, 5) is 42.7. The molecule has 0 saturated carbocycles. The molecule has 0 aliphatic carbocycles. The Kier molecular flexibility index (Phi) is 7.86. The molecular weight excluding hydrogens is 468 g/mol. The van der Waals surface area contributed by atoms with E-state index in [-0.39, 0.29) is 17.6 Å². The number of carboxylic acid groups (broad SMARTS) is 1. The van der Waals surface area contributed by atoms with Crippen LogP contribution in [0, 0.1) is 6.92 Å². The Morgan fingerprint density at radius 2 is 1.73 bits per heavy atom. The smallest absolute Gasteiger partial charge is 0.354 e. The molecule has 4 rings (SSSR count). The molecule has 3 N–H and O–H groups in total. The Balaban J connectivity index is 1.35. The minimum Gasteiger partial charge on any atom is -0.477 e. The summed E-state index contributed by atoms with van der Waals surface area (Å²) in [7, 11) is 0. The lowest BCUT2D eigenvalue weighted by Crippen LogP contribution is -2.47. The molecule has 3 aromatic rings. The summed E-state index contributed by atoms with van der Waals surface area (Å²) in [5.41, 5.74) is 5.19. The molecule has 8 heteroatoms. The summed E-state index contributed by atoms with van der Waals surface area (Å²) >= 11 is 0. The number of likely N-dealkylation sites (tertiary alicyclic amines) is 1. The van der Waals surface area contributed by atoms with Crippen molar-refractivity contribution in [1.29, 1.82) is 0 Å². The number of carboxylic acids is 1. The lowest BCUT2D eigenvalue weighted by molar-refractivity contribution is -0.119. The van der Waals surface area contributed by atoms with Crippen LogP contribution in [0.5, 0.6) is 0 Å². The Hall–Kier alpha value is -4.20. The summed E-state index contributed by atoms with van der Waals surface area (Å²) < 4.78 is 0. The topological polar surface area (TPSA) is 112 Å². The molecule has 2 aromatic carbocycles. The molecule has 3 amide bonds. The molecule has 192 valence electrons. The molecule has 8 nitrogen and oxygen atoms in total. The number of aryl methyl sites for hydroxylation is 1. The van der Waals surface area contributed by atoms with Crippen molar-refractivity contribution in [3.63, 3.8) is 0 Å². The Bertz CT molecular complexity index is 1290. The van der Waals surface area contributed by atoms with Crippen molar-refractivity contribution in [3.8, 4) is 11.1 Å². The number of aromatic nitrogens is 1. The van der Waals surface area contributed by atoms with Crippen LogP contribution in [-0.2, 0) is 11.3 Å². The first-order valence-corrected chi connectivity index (χ1v) is 12.5. The average Bonchev–Trinajstić information content (AvgIpc) is 3.38. The molecule has 1 saturated heterocycles. The molecule has 37 heavy (non-hydrogen) atoms. The molecule has 1 fully saturated rings. The van der Waals surface area contributed by atoms with Crippen LogP contribution in [0.1, 0.15) is 59.9 Å². The van der Waals surface area contributed by atoms with Gasteiger partial charge in [0.1, 0.15) is 11.7 Å². The van der Waals surface area contributed by atoms with E-state index in [1.165, 1.54) is 11.6 Å². The first-order valence-electron chi connectivity index (χ1n) is 12.5. The lowest BCUT2D eigenvalue weighted by Gasteiger charge is -2.24. The minimum atomic E-state index is -1.07. The first kappa shape index (κ1) is 25.9. The fourth-order valence-corrected chi connectivity index (χ4v) is 4.53. The van der Waals surface area contributed by atoms with Crippen molar-refractivity contribution in [1.82, 2.24) is 15.2 Å². The van der Waals surface area contributed by atoms with E-state index in [0.29, 0.717) is 36.8 Å². The molecule has 1 aromatic heterocycles. The molecule has 1 aliphatic rings. The Morgan fingerprint density at radius 3 is 2.35 bits per heavy atom. The van der Waals surface area contributed by atoms with E-state index in [1.807, 2.05) is 24.3 Å². The zero-order valence-electron chi connectivity index (χ0n) is 21.3. The largest absolute Gasteiger partial charge is 0.477 e. The number of rotatable bonds is 7. The quantitative estimate of drug-likeness (QED) is 0.413. The maximum absolute atomic E-state index is 13.0. The van der Waals surface area contributed by atoms with Crippen LogP contribution in [0.4, 0.5) is 10.5 Å². The van der Waals surface area contributed by atoms with Crippen molar-refractivity contribution in [2.45, 2.75) is 52.1 Å². The second-order valence-corrected chi connectivity index (χ2v) is 9.61. The molecule has 2 heterocycles. The van der Waals surface area contributed by atoms with Crippen LogP contribution in [0.3, 0.4) is 0 Å². The maximum atomic E-state index is 13.0. The van der Waals surface area contributed by atoms with E-state index in [4.69, 9.17) is 5.11 Å². The van der Waals surface area contributed by atoms with Gasteiger partial charge >= 0.3 is 12.0 Å². The highest BCUT2D eigenvalue weighted by Crippen LogP contribution is 2.25. The summed E-state index contributed by atoms with van der Waals surface area (Å²) in [6.45, 7) is 6.99. The Morgan fingerprint density at radius 1 is 1.03 bits per heavy atom. The SMILES string of the molecule is Cc1nc(C(=O)O)ccc1-c1ccc(NC(=O)[C@H]2CCCN2C(=O)NCc2ccc(C(C)C)cc2)cc1. The van der Waals surface area contributed by atoms with Crippen LogP contribution < -0.4 is 10.6 Å². The number of nitrogens with zero attached hydrogens (tertiary/aromatic N) is 2. The summed E-state index contributed by atoms with van der Waals surface area (Å²) in [5, 5.41) is 15.0. The monoisotopic (exact) mass is 500 g/mol. The van der Waals surface area contributed by atoms with E-state index < -0.39 is 12.0 Å². The van der Waals surface area contributed by atoms with E-state index in [9.17, 15) is 14.4 Å². The number of carbonyl (C=O) groups is 3. The van der Waals surface area contributed by atoms with Gasteiger partial charge in [0.2, 0.25) is 5.91 Å². The lowest BCUT2D eigenvalue weighted by atomic mass is 10.0. The van der Waals surface area contributed by atoms with Gasteiger partial charge in [0.25, 0.3) is 0 Å². The van der Waals surface area contributed by atoms with Crippen LogP contribution in [0.15, 0.2) is 60.7 Å². The third kappa shape index (κ3) is 6.14. The van der Waals surface area contributed by atoms with E-state index in [1.54, 1.807) is 30.0 Å². The van der Waals surface area contributed by atoms with E-state index in [0.717, 1.165) is 23.1 Å². The number of urea groups is 1. The van der Waals surface area contributed by atoms with Crippen LogP contribution in [0.25, 0.3) is 11.1 Å². The van der Waals surface area contributed by atoms with Gasteiger partial charge in [-0.05, 0) is 60.6 Å². The van der Waals surface area contributed by atoms with Crippen molar-refractivity contribution < 1.29 is 19.5 Å². The van der Waals surface area contributed by atoms with Gasteiger partial charge in [-0.25, -0.2) is 14.6 Å². The van der Waals surface area contributed by atoms with Crippen molar-refractivity contribution in [2.24, 2.45) is 0 Å². The highest BCUT2D eigenvalue weighted by molar-refractivity contribution is 5.97. The predicted octanol–water partition coefficient (Wildman–Crippen LogP) is 5.19. The predicted molar refractivity (Wildman–Crippen MR) is 142 cm³/mol. The van der Waals surface area contributed by atoms with E-state index in [2.05, 4.69) is 41.6 Å². The highest BCUT2D eigenvalue weighted by atomic mass is 16.4. The molecule has 0 unspecified atom stereocenters. The van der Waals surface area contributed by atoms with Gasteiger partial charge in [-0.15, -0.1) is 0 Å². The third-order valence-electron chi connectivity index (χ3n) is 6.67. The fraction of sp³-hybridized carbons (Fsp3) is 0.310. The highest BCUT2D eigenvalue weighted by Gasteiger charge is 2.34. The number of amides is 3. The maximum Gasteiger partial charge on any atom is 0.354 e. The minimum absolute atomic E-state index is 0.000628. The number of carbonyl (C=O) groups excluding carboxylic acids is 2. The number of anilines is 1. The molecule has 0 radical (unpaired) electrons. The van der Waals surface area contributed by atoms with E-state index >= 15 is 0 Å². The van der Waals surface area contributed by atoms with Gasteiger partial charge in [-0.2, -0.15) is 0 Å². The number of pyridine rings is 1. The first-order chi connectivity index (χ1) is 17.7. The second-order valence-electron chi connectivity index (χ2n) is 9.61. The normalized spacial score (nSPS) is 15.0. The second kappa shape index (κ2) is 11.2. The summed E-state index contributed by atoms with van der Waals surface area (Å²) in [6.07, 6.45) is 1.38. The average molecular weight is 501 g/mol. The summed E-state index contributed by atoms with van der Waals surface area (Å²) in [5.74, 6) is -0.830. The molecule has 0 spiro atoms. The van der Waals surface area contributed by atoms with Crippen LogP contribution >= 0.6 is 0 Å². The van der Waals surface area contributed by atoms with Gasteiger partial charge in [0.05, 0.1) is 0 Å². The summed E-state index contributed by atoms with van der Waals surface area (Å²) in [6, 6.07) is 17.9. The molecular formula is C29H32N4O4. The Labute approximate surface area is 216 Å². The van der Waals surface area contributed by atoms with Gasteiger partial charge in [-0.3, -0.25) is 4.79 Å². The van der Waals surface area contributed by atoms with Gasteiger partial charge in [0.15, 0.2) is 0 Å². The number of hydrogen-bond donors (Lipinski definition) is 3. The number of nitrogens with one attached hydrogen (secondary N) is 2. The third-order valence-corrected chi connectivity index (χ3v) is 6.67. The zero-order chi connectivity index (χ0) is 26.5. The van der Waals surface area contributed by atoms with Crippen LogP contribution in [-0.4, -0.2) is 45.5 Å². The molecule has 1 aliphatic heterocycles. The van der Waals surface area contributed by atoms with Gasteiger partial charge < -0.3 is 20.6 Å². The van der Waals surface area contributed by atoms with Crippen molar-refractivity contribution in [2.75, 3.05) is 11.9 Å². The number of hydrogen-bond acceptors (Lipinski definition) is 4. The van der Waals surface area contributed by atoms with Crippen molar-refractivity contribution in [3.05, 3.63) is 83.2 Å². The van der Waals surface area contributed by atoms with Gasteiger partial charge in [0, 0.05) is 30.0 Å². The molecule has 1 atom stereocenters. The van der Waals surface area contributed by atoms with Crippen molar-refractivity contribution >= 4 is 23.6 Å². The fourth-order valence-electron chi connectivity index (χ4n) is 4.53. The number of benzene rings is 2. The standard InChI is InChI=1S/C29H32N4O4/c1-18(2)21-8-6-20(7-9-21)17-30-29(37)33-16-4-5-26(33)27(34)32-23-12-10-22(11-13-23)24-14-15-25(28(35)36)31-19(24)3/h6-15,18,26H,4-5,16-17H2,1-3H3,(H,30,37)(H,32,34)(H,35,36)/t26-/m1/s1. The van der Waals surface area contributed by atoms with Gasteiger partial charge in [-0.1, -0.05) is 56.3 Å².